The summed E-state index contributed by atoms with van der Waals surface area (Å²) < 4.78 is 13.4. The van der Waals surface area contributed by atoms with E-state index >= 15 is 0 Å². The molecule has 0 atom stereocenters. The number of nitrogens with one attached hydrogen (secondary N) is 1. The van der Waals surface area contributed by atoms with Crippen molar-refractivity contribution in [3.05, 3.63) is 46.7 Å². The fourth-order valence-corrected chi connectivity index (χ4v) is 2.92. The Labute approximate surface area is 150 Å². The van der Waals surface area contributed by atoms with E-state index in [1.54, 1.807) is 6.07 Å². The lowest BCUT2D eigenvalue weighted by Gasteiger charge is -2.23. The van der Waals surface area contributed by atoms with Crippen molar-refractivity contribution in [1.29, 1.82) is 0 Å². The van der Waals surface area contributed by atoms with E-state index in [0.717, 1.165) is 12.1 Å². The second-order valence-corrected chi connectivity index (χ2v) is 7.12. The Morgan fingerprint density at radius 3 is 2.72 bits per heavy atom. The molecule has 0 spiro atoms. The van der Waals surface area contributed by atoms with Crippen molar-refractivity contribution in [2.45, 2.75) is 27.2 Å². The highest BCUT2D eigenvalue weighted by atomic mass is 32.1. The molecule has 0 saturated heterocycles. The lowest BCUT2D eigenvalue weighted by atomic mass is 10.1. The van der Waals surface area contributed by atoms with Crippen LogP contribution < -0.4 is 5.32 Å². The van der Waals surface area contributed by atoms with Gasteiger partial charge >= 0.3 is 0 Å². The van der Waals surface area contributed by atoms with Gasteiger partial charge in [0.1, 0.15) is 12.4 Å². The standard InChI is InChI=1S/C18H22FN3O2S/c1-12(2)7-8-22(17(24)14-5-4-6-15(19)9-14)10-16(23)21-18-20-13(3)11-25-18/h4-6,9,11-12H,7-8,10H2,1-3H3,(H,20,21,23). The molecule has 1 aromatic carbocycles. The second kappa shape index (κ2) is 8.71. The zero-order valence-electron chi connectivity index (χ0n) is 14.6. The Morgan fingerprint density at radius 1 is 1.36 bits per heavy atom. The molecular formula is C18H22FN3O2S. The van der Waals surface area contributed by atoms with E-state index in [1.807, 2.05) is 26.2 Å². The summed E-state index contributed by atoms with van der Waals surface area (Å²) in [6.45, 7) is 6.26. The van der Waals surface area contributed by atoms with Crippen LogP contribution in [0.1, 0.15) is 36.3 Å². The summed E-state index contributed by atoms with van der Waals surface area (Å²) in [4.78, 5) is 30.6. The third-order valence-electron chi connectivity index (χ3n) is 3.53. The zero-order valence-corrected chi connectivity index (χ0v) is 15.4. The van der Waals surface area contributed by atoms with Gasteiger partial charge in [0.2, 0.25) is 5.91 Å². The number of aromatic nitrogens is 1. The van der Waals surface area contributed by atoms with Crippen LogP contribution in [0.5, 0.6) is 0 Å². The van der Waals surface area contributed by atoms with Crippen LogP contribution in [-0.4, -0.2) is 34.8 Å². The highest BCUT2D eigenvalue weighted by Gasteiger charge is 2.20. The highest BCUT2D eigenvalue weighted by molar-refractivity contribution is 7.13. The van der Waals surface area contributed by atoms with Crippen LogP contribution in [0.25, 0.3) is 0 Å². The highest BCUT2D eigenvalue weighted by Crippen LogP contribution is 2.15. The number of hydrogen-bond acceptors (Lipinski definition) is 4. The molecule has 134 valence electrons. The first kappa shape index (κ1) is 19.1. The van der Waals surface area contributed by atoms with Gasteiger partial charge in [-0.3, -0.25) is 9.59 Å². The number of hydrogen-bond donors (Lipinski definition) is 1. The van der Waals surface area contributed by atoms with Gasteiger partial charge in [-0.05, 0) is 37.5 Å². The SMILES string of the molecule is Cc1csc(NC(=O)CN(CCC(C)C)C(=O)c2cccc(F)c2)n1. The Morgan fingerprint density at radius 2 is 2.12 bits per heavy atom. The maximum Gasteiger partial charge on any atom is 0.254 e. The monoisotopic (exact) mass is 363 g/mol. The van der Waals surface area contributed by atoms with E-state index in [1.165, 1.54) is 34.4 Å². The maximum absolute atomic E-state index is 13.4. The minimum atomic E-state index is -0.475. The second-order valence-electron chi connectivity index (χ2n) is 6.26. The smallest absolute Gasteiger partial charge is 0.254 e. The fraction of sp³-hybridized carbons (Fsp3) is 0.389. The molecule has 0 radical (unpaired) electrons. The number of anilines is 1. The topological polar surface area (TPSA) is 62.3 Å². The molecular weight excluding hydrogens is 341 g/mol. The minimum Gasteiger partial charge on any atom is -0.329 e. The van der Waals surface area contributed by atoms with Crippen molar-refractivity contribution in [3.8, 4) is 0 Å². The number of thiazole rings is 1. The first-order valence-electron chi connectivity index (χ1n) is 8.12. The normalized spacial score (nSPS) is 10.8. The van der Waals surface area contributed by atoms with Crippen molar-refractivity contribution in [2.24, 2.45) is 5.92 Å². The average molecular weight is 363 g/mol. The van der Waals surface area contributed by atoms with Crippen molar-refractivity contribution in [2.75, 3.05) is 18.4 Å². The van der Waals surface area contributed by atoms with Gasteiger partial charge in [-0.1, -0.05) is 19.9 Å². The van der Waals surface area contributed by atoms with Crippen molar-refractivity contribution in [3.63, 3.8) is 0 Å². The van der Waals surface area contributed by atoms with Gasteiger partial charge in [0.05, 0.1) is 5.69 Å². The lowest BCUT2D eigenvalue weighted by Crippen LogP contribution is -2.39. The van der Waals surface area contributed by atoms with Crippen LogP contribution in [-0.2, 0) is 4.79 Å². The number of nitrogens with zero attached hydrogens (tertiary/aromatic N) is 2. The molecule has 7 heteroatoms. The summed E-state index contributed by atoms with van der Waals surface area (Å²) in [5.74, 6) is -0.765. The Kier molecular flexibility index (Phi) is 6.64. The lowest BCUT2D eigenvalue weighted by molar-refractivity contribution is -0.116. The molecule has 0 bridgehead atoms. The molecule has 0 unspecified atom stereocenters. The molecule has 0 aliphatic heterocycles. The summed E-state index contributed by atoms with van der Waals surface area (Å²) in [6.07, 6.45) is 0.755. The minimum absolute atomic E-state index is 0.0965. The third-order valence-corrected chi connectivity index (χ3v) is 4.41. The molecule has 1 N–H and O–H groups in total. The summed E-state index contributed by atoms with van der Waals surface area (Å²) in [5.41, 5.74) is 1.06. The number of rotatable bonds is 7. The van der Waals surface area contributed by atoms with Gasteiger partial charge in [-0.15, -0.1) is 11.3 Å². The summed E-state index contributed by atoms with van der Waals surface area (Å²) >= 11 is 1.33. The maximum atomic E-state index is 13.4. The summed E-state index contributed by atoms with van der Waals surface area (Å²) in [5, 5.41) is 5.04. The van der Waals surface area contributed by atoms with Crippen molar-refractivity contribution in [1.82, 2.24) is 9.88 Å². The Balaban J connectivity index is 2.08. The average Bonchev–Trinajstić information content (AvgIpc) is 2.95. The van der Waals surface area contributed by atoms with Crippen molar-refractivity contribution >= 4 is 28.3 Å². The van der Waals surface area contributed by atoms with E-state index in [4.69, 9.17) is 0 Å². The van der Waals surface area contributed by atoms with Crippen molar-refractivity contribution < 1.29 is 14.0 Å². The van der Waals surface area contributed by atoms with E-state index in [0.29, 0.717) is 17.6 Å². The van der Waals surface area contributed by atoms with Gasteiger partial charge in [-0.25, -0.2) is 9.37 Å². The zero-order chi connectivity index (χ0) is 18.4. The van der Waals surface area contributed by atoms with E-state index in [9.17, 15) is 14.0 Å². The van der Waals surface area contributed by atoms with Crippen LogP contribution in [0.3, 0.4) is 0 Å². The first-order chi connectivity index (χ1) is 11.8. The number of amides is 2. The number of carbonyl (C=O) groups is 2. The molecule has 25 heavy (non-hydrogen) atoms. The molecule has 2 aromatic rings. The number of halogens is 1. The van der Waals surface area contributed by atoms with Crippen LogP contribution >= 0.6 is 11.3 Å². The number of aryl methyl sites for hydroxylation is 1. The molecule has 2 rings (SSSR count). The third kappa shape index (κ3) is 5.94. The van der Waals surface area contributed by atoms with Crippen LogP contribution in [0.2, 0.25) is 0 Å². The number of carbonyl (C=O) groups excluding carboxylic acids is 2. The van der Waals surface area contributed by atoms with Crippen LogP contribution in [0, 0.1) is 18.7 Å². The predicted molar refractivity (Wildman–Crippen MR) is 97.2 cm³/mol. The van der Waals surface area contributed by atoms with E-state index in [-0.39, 0.29) is 23.9 Å². The first-order valence-corrected chi connectivity index (χ1v) is 9.00. The molecule has 1 heterocycles. The Bertz CT molecular complexity index is 745. The predicted octanol–water partition coefficient (Wildman–Crippen LogP) is 3.72. The van der Waals surface area contributed by atoms with Gasteiger partial charge in [0, 0.05) is 17.5 Å². The van der Waals surface area contributed by atoms with Crippen LogP contribution in [0.4, 0.5) is 9.52 Å². The Hall–Kier alpha value is -2.28. The summed E-state index contributed by atoms with van der Waals surface area (Å²) in [6, 6.07) is 5.51. The van der Waals surface area contributed by atoms with Gasteiger partial charge in [-0.2, -0.15) is 0 Å². The van der Waals surface area contributed by atoms with E-state index < -0.39 is 5.82 Å². The quantitative estimate of drug-likeness (QED) is 0.815. The molecule has 0 fully saturated rings. The molecule has 0 saturated carbocycles. The fourth-order valence-electron chi connectivity index (χ4n) is 2.21. The molecule has 5 nitrogen and oxygen atoms in total. The van der Waals surface area contributed by atoms with Gasteiger partial charge < -0.3 is 10.2 Å². The summed E-state index contributed by atoms with van der Waals surface area (Å²) in [7, 11) is 0. The molecule has 0 aliphatic carbocycles. The van der Waals surface area contributed by atoms with Gasteiger partial charge in [0.25, 0.3) is 5.91 Å². The largest absolute Gasteiger partial charge is 0.329 e. The van der Waals surface area contributed by atoms with Crippen LogP contribution in [0.15, 0.2) is 29.6 Å². The molecule has 2 amide bonds. The molecule has 1 aromatic heterocycles. The van der Waals surface area contributed by atoms with Gasteiger partial charge in [0.15, 0.2) is 5.13 Å². The number of benzene rings is 1. The molecule has 0 aliphatic rings. The van der Waals surface area contributed by atoms with E-state index in [2.05, 4.69) is 10.3 Å².